The smallest absolute Gasteiger partial charge is 0.323 e. The van der Waals surface area contributed by atoms with Gasteiger partial charge in [-0.15, -0.1) is 0 Å². The number of carbonyl (C=O) groups excluding carboxylic acids is 1. The highest BCUT2D eigenvalue weighted by molar-refractivity contribution is 5.96. The van der Waals surface area contributed by atoms with Crippen LogP contribution in [0.1, 0.15) is 22.8 Å². The Hall–Kier alpha value is -1.91. The molecule has 0 spiro atoms. The molecule has 92 valence electrons. The zero-order valence-corrected chi connectivity index (χ0v) is 9.74. The summed E-state index contributed by atoms with van der Waals surface area (Å²) in [6, 6.07) is 3.98. The van der Waals surface area contributed by atoms with E-state index in [9.17, 15) is 14.0 Å². The number of nitrogens with zero attached hydrogens (tertiary/aromatic N) is 1. The Balaban J connectivity index is 2.93. The first-order chi connectivity index (χ1) is 7.95. The van der Waals surface area contributed by atoms with Crippen molar-refractivity contribution in [1.29, 1.82) is 0 Å². The molecule has 0 aromatic heterocycles. The number of amides is 1. The lowest BCUT2D eigenvalue weighted by Gasteiger charge is -2.18. The van der Waals surface area contributed by atoms with E-state index in [2.05, 4.69) is 0 Å². The minimum absolute atomic E-state index is 0.293. The van der Waals surface area contributed by atoms with Gasteiger partial charge in [-0.1, -0.05) is 0 Å². The number of aliphatic carboxylic acids is 1. The van der Waals surface area contributed by atoms with Crippen molar-refractivity contribution in [2.24, 2.45) is 0 Å². The van der Waals surface area contributed by atoms with Gasteiger partial charge in [0.1, 0.15) is 12.4 Å². The molecule has 0 unspecified atom stereocenters. The van der Waals surface area contributed by atoms with E-state index in [-0.39, 0.29) is 12.4 Å². The lowest BCUT2D eigenvalue weighted by Crippen LogP contribution is -2.35. The van der Waals surface area contributed by atoms with Gasteiger partial charge in [0.25, 0.3) is 5.91 Å². The zero-order valence-electron chi connectivity index (χ0n) is 9.74. The molecule has 1 aromatic rings. The van der Waals surface area contributed by atoms with Crippen LogP contribution in [0.3, 0.4) is 0 Å². The predicted molar refractivity (Wildman–Crippen MR) is 60.4 cm³/mol. The van der Waals surface area contributed by atoms with Gasteiger partial charge in [-0.3, -0.25) is 9.59 Å². The molecule has 5 heteroatoms. The maximum absolute atomic E-state index is 13.0. The van der Waals surface area contributed by atoms with Crippen molar-refractivity contribution in [2.45, 2.75) is 13.8 Å². The maximum Gasteiger partial charge on any atom is 0.323 e. The minimum Gasteiger partial charge on any atom is -0.480 e. The third-order valence-corrected chi connectivity index (χ3v) is 2.40. The standard InChI is InChI=1S/C12H14FNO3/c1-3-14(7-11(15)16)12(17)9-4-5-10(13)8(2)6-9/h4-6H,3,7H2,1-2H3,(H,15,16). The van der Waals surface area contributed by atoms with E-state index >= 15 is 0 Å². The van der Waals surface area contributed by atoms with Gasteiger partial charge in [-0.05, 0) is 37.6 Å². The minimum atomic E-state index is -1.07. The van der Waals surface area contributed by atoms with Crippen LogP contribution in [0.15, 0.2) is 18.2 Å². The summed E-state index contributed by atoms with van der Waals surface area (Å²) in [5.74, 6) is -1.86. The highest BCUT2D eigenvalue weighted by atomic mass is 19.1. The number of likely N-dealkylation sites (N-methyl/N-ethyl adjacent to an activating group) is 1. The molecular formula is C12H14FNO3. The van der Waals surface area contributed by atoms with Crippen molar-refractivity contribution in [1.82, 2.24) is 4.90 Å². The molecule has 1 amide bonds. The highest BCUT2D eigenvalue weighted by Gasteiger charge is 2.17. The van der Waals surface area contributed by atoms with Crippen LogP contribution < -0.4 is 0 Å². The van der Waals surface area contributed by atoms with Gasteiger partial charge in [0.15, 0.2) is 0 Å². The molecule has 1 rings (SSSR count). The van der Waals surface area contributed by atoms with Crippen molar-refractivity contribution in [3.63, 3.8) is 0 Å². The van der Waals surface area contributed by atoms with Gasteiger partial charge in [-0.25, -0.2) is 4.39 Å². The first kappa shape index (κ1) is 13.2. The molecule has 0 saturated carbocycles. The van der Waals surface area contributed by atoms with E-state index in [4.69, 9.17) is 5.11 Å². The molecule has 0 bridgehead atoms. The number of aryl methyl sites for hydroxylation is 1. The fourth-order valence-corrected chi connectivity index (χ4v) is 1.45. The van der Waals surface area contributed by atoms with E-state index in [0.29, 0.717) is 17.7 Å². The monoisotopic (exact) mass is 239 g/mol. The van der Waals surface area contributed by atoms with E-state index in [1.54, 1.807) is 13.8 Å². The molecule has 4 nitrogen and oxygen atoms in total. The molecule has 17 heavy (non-hydrogen) atoms. The number of benzene rings is 1. The van der Waals surface area contributed by atoms with E-state index in [1.807, 2.05) is 0 Å². The molecule has 0 saturated heterocycles. The number of hydrogen-bond acceptors (Lipinski definition) is 2. The Labute approximate surface area is 98.7 Å². The van der Waals surface area contributed by atoms with Gasteiger partial charge in [-0.2, -0.15) is 0 Å². The van der Waals surface area contributed by atoms with Gasteiger partial charge in [0, 0.05) is 12.1 Å². The van der Waals surface area contributed by atoms with Crippen molar-refractivity contribution in [3.8, 4) is 0 Å². The first-order valence-electron chi connectivity index (χ1n) is 5.23. The molecule has 0 aliphatic carbocycles. The summed E-state index contributed by atoms with van der Waals surface area (Å²) in [5, 5.41) is 8.66. The summed E-state index contributed by atoms with van der Waals surface area (Å²) in [5.41, 5.74) is 0.661. The summed E-state index contributed by atoms with van der Waals surface area (Å²) in [6.07, 6.45) is 0. The van der Waals surface area contributed by atoms with Crippen LogP contribution in [0.4, 0.5) is 4.39 Å². The van der Waals surface area contributed by atoms with Crippen LogP contribution in [0, 0.1) is 12.7 Å². The van der Waals surface area contributed by atoms with Gasteiger partial charge in [0.05, 0.1) is 0 Å². The fraction of sp³-hybridized carbons (Fsp3) is 0.333. The summed E-state index contributed by atoms with van der Waals surface area (Å²) < 4.78 is 13.0. The summed E-state index contributed by atoms with van der Waals surface area (Å²) in [7, 11) is 0. The van der Waals surface area contributed by atoms with Crippen molar-refractivity contribution < 1.29 is 19.1 Å². The Morgan fingerprint density at radius 1 is 1.41 bits per heavy atom. The third kappa shape index (κ3) is 3.27. The van der Waals surface area contributed by atoms with Crippen molar-refractivity contribution in [2.75, 3.05) is 13.1 Å². The quantitative estimate of drug-likeness (QED) is 0.869. The Bertz CT molecular complexity index is 445. The molecule has 0 aliphatic rings. The summed E-state index contributed by atoms with van der Waals surface area (Å²) in [4.78, 5) is 23.7. The van der Waals surface area contributed by atoms with Crippen LogP contribution in [0.2, 0.25) is 0 Å². The maximum atomic E-state index is 13.0. The fourth-order valence-electron chi connectivity index (χ4n) is 1.45. The van der Waals surface area contributed by atoms with Crippen LogP contribution in [-0.4, -0.2) is 35.0 Å². The van der Waals surface area contributed by atoms with Gasteiger partial charge < -0.3 is 10.0 Å². The number of carboxylic acid groups (broad SMARTS) is 1. The zero-order chi connectivity index (χ0) is 13.0. The SMILES string of the molecule is CCN(CC(=O)O)C(=O)c1ccc(F)c(C)c1. The van der Waals surface area contributed by atoms with Crippen LogP contribution in [0.5, 0.6) is 0 Å². The highest BCUT2D eigenvalue weighted by Crippen LogP contribution is 2.11. The Morgan fingerprint density at radius 2 is 2.06 bits per heavy atom. The van der Waals surface area contributed by atoms with Crippen molar-refractivity contribution >= 4 is 11.9 Å². The van der Waals surface area contributed by atoms with E-state index in [0.717, 1.165) is 0 Å². The Morgan fingerprint density at radius 3 is 2.53 bits per heavy atom. The molecule has 0 fully saturated rings. The second-order valence-electron chi connectivity index (χ2n) is 3.68. The molecular weight excluding hydrogens is 225 g/mol. The molecule has 0 atom stereocenters. The second kappa shape index (κ2) is 5.43. The average molecular weight is 239 g/mol. The normalized spacial score (nSPS) is 10.1. The van der Waals surface area contributed by atoms with Crippen molar-refractivity contribution in [3.05, 3.63) is 35.1 Å². The second-order valence-corrected chi connectivity index (χ2v) is 3.68. The van der Waals surface area contributed by atoms with Crippen LogP contribution >= 0.6 is 0 Å². The van der Waals surface area contributed by atoms with E-state index < -0.39 is 11.9 Å². The van der Waals surface area contributed by atoms with Gasteiger partial charge >= 0.3 is 5.97 Å². The lowest BCUT2D eigenvalue weighted by molar-refractivity contribution is -0.137. The average Bonchev–Trinajstić information content (AvgIpc) is 2.28. The molecule has 1 N–H and O–H groups in total. The van der Waals surface area contributed by atoms with Gasteiger partial charge in [0.2, 0.25) is 0 Å². The number of halogens is 1. The lowest BCUT2D eigenvalue weighted by atomic mass is 10.1. The molecule has 0 radical (unpaired) electrons. The first-order valence-corrected chi connectivity index (χ1v) is 5.23. The number of rotatable bonds is 4. The number of carboxylic acids is 1. The number of carbonyl (C=O) groups is 2. The topological polar surface area (TPSA) is 57.6 Å². The Kier molecular flexibility index (Phi) is 4.20. The summed E-state index contributed by atoms with van der Waals surface area (Å²) in [6.45, 7) is 3.18. The number of hydrogen-bond donors (Lipinski definition) is 1. The molecule has 0 heterocycles. The van der Waals surface area contributed by atoms with Crippen LogP contribution in [0.25, 0.3) is 0 Å². The largest absolute Gasteiger partial charge is 0.480 e. The van der Waals surface area contributed by atoms with E-state index in [1.165, 1.54) is 23.1 Å². The molecule has 1 aromatic carbocycles. The predicted octanol–water partition coefficient (Wildman–Crippen LogP) is 1.68. The molecule has 0 aliphatic heterocycles. The van der Waals surface area contributed by atoms with Crippen LogP contribution in [-0.2, 0) is 4.79 Å². The summed E-state index contributed by atoms with van der Waals surface area (Å²) >= 11 is 0. The third-order valence-electron chi connectivity index (χ3n) is 2.40.